The van der Waals surface area contributed by atoms with Crippen molar-refractivity contribution in [2.45, 2.75) is 11.8 Å². The summed E-state index contributed by atoms with van der Waals surface area (Å²) < 4.78 is 5.18. The fourth-order valence-electron chi connectivity index (χ4n) is 1.82. The molecule has 1 unspecified atom stereocenters. The van der Waals surface area contributed by atoms with Crippen molar-refractivity contribution in [1.82, 2.24) is 0 Å². The Labute approximate surface area is 109 Å². The number of rotatable bonds is 3. The molecule has 0 N–H and O–H groups in total. The molecule has 3 heteroatoms. The van der Waals surface area contributed by atoms with Gasteiger partial charge in [0.05, 0.1) is 11.9 Å². The molecule has 2 nitrogen and oxygen atoms in total. The zero-order valence-electron chi connectivity index (χ0n) is 9.74. The third kappa shape index (κ3) is 2.34. The Balaban J connectivity index is 2.62. The van der Waals surface area contributed by atoms with E-state index in [9.17, 15) is 4.79 Å². The highest BCUT2D eigenvalue weighted by atomic mass is 79.9. The van der Waals surface area contributed by atoms with Crippen LogP contribution >= 0.6 is 15.9 Å². The number of hydrogen-bond acceptors (Lipinski definition) is 2. The van der Waals surface area contributed by atoms with E-state index in [0.29, 0.717) is 0 Å². The first-order chi connectivity index (χ1) is 8.13. The second-order valence-electron chi connectivity index (χ2n) is 3.87. The molecule has 0 fully saturated rings. The fourth-order valence-corrected chi connectivity index (χ4v) is 2.06. The summed E-state index contributed by atoms with van der Waals surface area (Å²) >= 11 is 3.32. The summed E-state index contributed by atoms with van der Waals surface area (Å²) in [6, 6.07) is 11.5. The van der Waals surface area contributed by atoms with Crippen molar-refractivity contribution in [1.29, 1.82) is 0 Å². The zero-order valence-corrected chi connectivity index (χ0v) is 11.3. The van der Waals surface area contributed by atoms with Gasteiger partial charge >= 0.3 is 0 Å². The third-order valence-electron chi connectivity index (χ3n) is 2.71. The molecule has 88 valence electrons. The molecule has 0 aliphatic rings. The lowest BCUT2D eigenvalue weighted by molar-refractivity contribution is 0.0997. The van der Waals surface area contributed by atoms with Gasteiger partial charge in [-0.15, -0.1) is 0 Å². The lowest BCUT2D eigenvalue weighted by Crippen LogP contribution is -2.10. The van der Waals surface area contributed by atoms with Gasteiger partial charge in [0, 0.05) is 5.56 Å². The summed E-state index contributed by atoms with van der Waals surface area (Å²) in [4.78, 5) is 11.9. The van der Waals surface area contributed by atoms with Crippen LogP contribution in [0.5, 0.6) is 5.75 Å². The van der Waals surface area contributed by atoms with E-state index in [0.717, 1.165) is 22.1 Å². The molecular weight excluding hydrogens is 280 g/mol. The lowest BCUT2D eigenvalue weighted by Gasteiger charge is -2.08. The Bertz CT molecular complexity index is 561. The van der Waals surface area contributed by atoms with E-state index in [2.05, 4.69) is 15.9 Å². The predicted octanol–water partition coefficient (Wildman–Crippen LogP) is 3.81. The molecule has 1 atom stereocenters. The Morgan fingerprint density at radius 1 is 1.29 bits per heavy atom. The van der Waals surface area contributed by atoms with Gasteiger partial charge < -0.3 is 4.74 Å². The molecular formula is C14H13BrO2. The van der Waals surface area contributed by atoms with Crippen LogP contribution < -0.4 is 4.74 Å². The van der Waals surface area contributed by atoms with E-state index < -0.39 is 0 Å². The number of fused-ring (bicyclic) bond motifs is 1. The van der Waals surface area contributed by atoms with Crippen LogP contribution in [-0.4, -0.2) is 17.7 Å². The van der Waals surface area contributed by atoms with Crippen molar-refractivity contribution in [2.75, 3.05) is 7.11 Å². The summed E-state index contributed by atoms with van der Waals surface area (Å²) in [7, 11) is 1.64. The lowest BCUT2D eigenvalue weighted by atomic mass is 10.00. The van der Waals surface area contributed by atoms with Gasteiger partial charge in [-0.05, 0) is 35.9 Å². The maximum Gasteiger partial charge on any atom is 0.176 e. The second kappa shape index (κ2) is 4.88. The molecule has 0 saturated carbocycles. The molecule has 2 aromatic carbocycles. The third-order valence-corrected chi connectivity index (χ3v) is 3.13. The first kappa shape index (κ1) is 12.1. The van der Waals surface area contributed by atoms with Gasteiger partial charge in [-0.3, -0.25) is 4.79 Å². The van der Waals surface area contributed by atoms with Crippen LogP contribution in [0.2, 0.25) is 0 Å². The van der Waals surface area contributed by atoms with E-state index in [-0.39, 0.29) is 10.6 Å². The van der Waals surface area contributed by atoms with Crippen LogP contribution in [0.15, 0.2) is 36.4 Å². The van der Waals surface area contributed by atoms with Gasteiger partial charge in [0.15, 0.2) is 5.78 Å². The first-order valence-corrected chi connectivity index (χ1v) is 6.30. The predicted molar refractivity (Wildman–Crippen MR) is 73.2 cm³/mol. The van der Waals surface area contributed by atoms with E-state index in [1.807, 2.05) is 43.3 Å². The number of alkyl halides is 1. The van der Waals surface area contributed by atoms with Gasteiger partial charge in [-0.25, -0.2) is 0 Å². The van der Waals surface area contributed by atoms with Crippen molar-refractivity contribution in [3.8, 4) is 5.75 Å². The van der Waals surface area contributed by atoms with Gasteiger partial charge in [-0.1, -0.05) is 34.1 Å². The topological polar surface area (TPSA) is 26.3 Å². The minimum atomic E-state index is -0.171. The quantitative estimate of drug-likeness (QED) is 0.635. The summed E-state index contributed by atoms with van der Waals surface area (Å²) in [6.07, 6.45) is 0. The van der Waals surface area contributed by atoms with Gasteiger partial charge in [0.25, 0.3) is 0 Å². The normalized spacial score (nSPS) is 12.4. The summed E-state index contributed by atoms with van der Waals surface area (Å²) in [5.41, 5.74) is 0.745. The molecule has 0 amide bonds. The smallest absolute Gasteiger partial charge is 0.176 e. The molecule has 2 aromatic rings. The minimum absolute atomic E-state index is 0.0979. The molecule has 0 spiro atoms. The minimum Gasteiger partial charge on any atom is -0.497 e. The second-order valence-corrected chi connectivity index (χ2v) is 5.25. The SMILES string of the molecule is COc1ccc2c(C(=O)C(C)Br)cccc2c1. The number of hydrogen-bond donors (Lipinski definition) is 0. The van der Waals surface area contributed by atoms with Crippen LogP contribution in [0.4, 0.5) is 0 Å². The van der Waals surface area contributed by atoms with Crippen molar-refractivity contribution >= 4 is 32.5 Å². The number of ketones is 1. The molecule has 2 rings (SSSR count). The van der Waals surface area contributed by atoms with Crippen LogP contribution in [0.3, 0.4) is 0 Å². The maximum atomic E-state index is 12.0. The average Bonchev–Trinajstić information content (AvgIpc) is 2.36. The molecule has 0 radical (unpaired) electrons. The van der Waals surface area contributed by atoms with Crippen LogP contribution in [-0.2, 0) is 0 Å². The number of carbonyl (C=O) groups is 1. The molecule has 0 aliphatic heterocycles. The van der Waals surface area contributed by atoms with Gasteiger partial charge in [0.1, 0.15) is 5.75 Å². The van der Waals surface area contributed by atoms with Gasteiger partial charge in [-0.2, -0.15) is 0 Å². The van der Waals surface area contributed by atoms with E-state index in [1.54, 1.807) is 7.11 Å². The fraction of sp³-hybridized carbons (Fsp3) is 0.214. The van der Waals surface area contributed by atoms with E-state index >= 15 is 0 Å². The van der Waals surface area contributed by atoms with Crippen LogP contribution in [0.25, 0.3) is 10.8 Å². The number of methoxy groups -OCH3 is 1. The highest BCUT2D eigenvalue weighted by Gasteiger charge is 2.14. The van der Waals surface area contributed by atoms with Crippen LogP contribution in [0.1, 0.15) is 17.3 Å². The zero-order chi connectivity index (χ0) is 12.4. The molecule has 0 aromatic heterocycles. The number of carbonyl (C=O) groups excluding carboxylic acids is 1. The average molecular weight is 293 g/mol. The van der Waals surface area contributed by atoms with Gasteiger partial charge in [0.2, 0.25) is 0 Å². The molecule has 0 bridgehead atoms. The van der Waals surface area contributed by atoms with Crippen molar-refractivity contribution < 1.29 is 9.53 Å². The summed E-state index contributed by atoms with van der Waals surface area (Å²) in [5.74, 6) is 0.898. The largest absolute Gasteiger partial charge is 0.497 e. The Morgan fingerprint density at radius 3 is 2.71 bits per heavy atom. The standard InChI is InChI=1S/C14H13BrO2/c1-9(15)14(16)13-5-3-4-10-8-11(17-2)6-7-12(10)13/h3-9H,1-2H3. The van der Waals surface area contributed by atoms with E-state index in [1.165, 1.54) is 0 Å². The Hall–Kier alpha value is -1.35. The molecule has 0 heterocycles. The summed E-state index contributed by atoms with van der Waals surface area (Å²) in [5, 5.41) is 1.98. The highest BCUT2D eigenvalue weighted by molar-refractivity contribution is 9.10. The number of Topliss-reactive ketones (excluding diaryl/α,β-unsaturated/α-hetero) is 1. The van der Waals surface area contributed by atoms with Crippen molar-refractivity contribution in [3.05, 3.63) is 42.0 Å². The van der Waals surface area contributed by atoms with Crippen molar-refractivity contribution in [3.63, 3.8) is 0 Å². The monoisotopic (exact) mass is 292 g/mol. The number of halogens is 1. The Morgan fingerprint density at radius 2 is 2.06 bits per heavy atom. The maximum absolute atomic E-state index is 12.0. The molecule has 17 heavy (non-hydrogen) atoms. The Kier molecular flexibility index (Phi) is 3.48. The first-order valence-electron chi connectivity index (χ1n) is 5.38. The number of benzene rings is 2. The van der Waals surface area contributed by atoms with E-state index in [4.69, 9.17) is 4.74 Å². The van der Waals surface area contributed by atoms with Crippen molar-refractivity contribution in [2.24, 2.45) is 0 Å². The highest BCUT2D eigenvalue weighted by Crippen LogP contribution is 2.25. The molecule has 0 saturated heterocycles. The van der Waals surface area contributed by atoms with Crippen LogP contribution in [0, 0.1) is 0 Å². The summed E-state index contributed by atoms with van der Waals surface area (Å²) in [6.45, 7) is 1.84. The molecule has 0 aliphatic carbocycles. The number of ether oxygens (including phenoxy) is 1.